The highest BCUT2D eigenvalue weighted by Crippen LogP contribution is 2.38. The van der Waals surface area contributed by atoms with Crippen LogP contribution in [-0.2, 0) is 4.74 Å². The van der Waals surface area contributed by atoms with Crippen LogP contribution in [0.3, 0.4) is 0 Å². The zero-order chi connectivity index (χ0) is 20.7. The summed E-state index contributed by atoms with van der Waals surface area (Å²) in [5.41, 5.74) is 2.58. The number of likely N-dealkylation sites (N-methyl/N-ethyl adjacent to an activating group) is 1. The Kier molecular flexibility index (Phi) is 4.55. The monoisotopic (exact) mass is 403 g/mol. The highest BCUT2D eigenvalue weighted by atomic mass is 16.6. The summed E-state index contributed by atoms with van der Waals surface area (Å²) in [7, 11) is 2.02. The van der Waals surface area contributed by atoms with Gasteiger partial charge in [-0.15, -0.1) is 0 Å². The van der Waals surface area contributed by atoms with Gasteiger partial charge in [-0.3, -0.25) is 14.7 Å². The van der Waals surface area contributed by atoms with E-state index in [0.29, 0.717) is 35.6 Å². The van der Waals surface area contributed by atoms with Gasteiger partial charge in [0, 0.05) is 43.5 Å². The summed E-state index contributed by atoms with van der Waals surface area (Å²) >= 11 is 0. The van der Waals surface area contributed by atoms with Gasteiger partial charge < -0.3 is 14.5 Å². The largest absolute Gasteiger partial charge is 0.420 e. The van der Waals surface area contributed by atoms with E-state index in [1.807, 2.05) is 31.3 Å². The molecule has 2 aliphatic rings. The zero-order valence-electron chi connectivity index (χ0n) is 16.6. The molecular formula is C22H21N5O3. The van der Waals surface area contributed by atoms with Crippen molar-refractivity contribution in [3.63, 3.8) is 0 Å². The van der Waals surface area contributed by atoms with Crippen molar-refractivity contribution in [2.45, 2.75) is 6.23 Å². The van der Waals surface area contributed by atoms with E-state index in [9.17, 15) is 9.59 Å². The molecule has 8 nitrogen and oxygen atoms in total. The van der Waals surface area contributed by atoms with Crippen molar-refractivity contribution >= 4 is 28.9 Å². The van der Waals surface area contributed by atoms with Crippen LogP contribution in [0.5, 0.6) is 0 Å². The number of anilines is 1. The molecule has 1 saturated heterocycles. The van der Waals surface area contributed by atoms with Crippen LogP contribution in [0, 0.1) is 0 Å². The predicted octanol–water partition coefficient (Wildman–Crippen LogP) is 2.67. The Morgan fingerprint density at radius 1 is 1.00 bits per heavy atom. The summed E-state index contributed by atoms with van der Waals surface area (Å²) in [5, 5.41) is 0. The predicted molar refractivity (Wildman–Crippen MR) is 111 cm³/mol. The van der Waals surface area contributed by atoms with Crippen molar-refractivity contribution in [3.05, 3.63) is 65.9 Å². The van der Waals surface area contributed by atoms with E-state index in [2.05, 4.69) is 14.9 Å². The second-order valence-electron chi connectivity index (χ2n) is 7.50. The Balaban J connectivity index is 1.50. The molecule has 0 spiro atoms. The van der Waals surface area contributed by atoms with Crippen molar-refractivity contribution in [1.29, 1.82) is 0 Å². The van der Waals surface area contributed by atoms with Gasteiger partial charge in [0.15, 0.2) is 0 Å². The summed E-state index contributed by atoms with van der Waals surface area (Å²) < 4.78 is 5.88. The first-order chi connectivity index (χ1) is 14.6. The first-order valence-corrected chi connectivity index (χ1v) is 9.90. The highest BCUT2D eigenvalue weighted by Gasteiger charge is 2.41. The SMILES string of the molecule is CN1CCN(C(=O)OC2c3ccccc3C(=O)N2c2ccc3ncccc3n2)CC1. The van der Waals surface area contributed by atoms with E-state index in [1.165, 1.54) is 4.90 Å². The molecule has 1 fully saturated rings. The van der Waals surface area contributed by atoms with Crippen molar-refractivity contribution in [2.24, 2.45) is 0 Å². The van der Waals surface area contributed by atoms with Crippen LogP contribution < -0.4 is 4.90 Å². The first kappa shape index (κ1) is 18.5. The number of pyridine rings is 2. The molecule has 1 aromatic carbocycles. The minimum Gasteiger partial charge on any atom is -0.420 e. The fourth-order valence-electron chi connectivity index (χ4n) is 3.86. The van der Waals surface area contributed by atoms with E-state index in [4.69, 9.17) is 4.74 Å². The maximum Gasteiger partial charge on any atom is 0.412 e. The quantitative estimate of drug-likeness (QED) is 0.655. The molecule has 4 heterocycles. The Morgan fingerprint density at radius 3 is 2.63 bits per heavy atom. The van der Waals surface area contributed by atoms with Crippen LogP contribution in [0.2, 0.25) is 0 Å². The van der Waals surface area contributed by atoms with Crippen molar-refractivity contribution in [3.8, 4) is 0 Å². The Bertz CT molecular complexity index is 1130. The number of benzene rings is 1. The minimum absolute atomic E-state index is 0.238. The van der Waals surface area contributed by atoms with Gasteiger partial charge in [-0.05, 0) is 37.4 Å². The molecular weight excluding hydrogens is 382 g/mol. The van der Waals surface area contributed by atoms with Crippen LogP contribution in [0.25, 0.3) is 11.0 Å². The number of rotatable bonds is 2. The zero-order valence-corrected chi connectivity index (χ0v) is 16.6. The molecule has 0 N–H and O–H groups in total. The lowest BCUT2D eigenvalue weighted by Gasteiger charge is -2.33. The normalized spacial score (nSPS) is 19.2. The van der Waals surface area contributed by atoms with E-state index < -0.39 is 12.3 Å². The van der Waals surface area contributed by atoms with Crippen LogP contribution in [0.4, 0.5) is 10.6 Å². The van der Waals surface area contributed by atoms with Gasteiger partial charge in [0.05, 0.1) is 11.0 Å². The van der Waals surface area contributed by atoms with Crippen molar-refractivity contribution in [1.82, 2.24) is 19.8 Å². The van der Waals surface area contributed by atoms with Crippen molar-refractivity contribution in [2.75, 3.05) is 38.1 Å². The number of hydrogen-bond donors (Lipinski definition) is 0. The smallest absolute Gasteiger partial charge is 0.412 e. The number of fused-ring (bicyclic) bond motifs is 2. The number of piperazine rings is 1. The van der Waals surface area contributed by atoms with Crippen LogP contribution >= 0.6 is 0 Å². The molecule has 152 valence electrons. The third-order valence-corrected chi connectivity index (χ3v) is 5.57. The Hall–Kier alpha value is -3.52. The van der Waals surface area contributed by atoms with Gasteiger partial charge >= 0.3 is 6.09 Å². The summed E-state index contributed by atoms with van der Waals surface area (Å²) in [5.74, 6) is 0.186. The fraction of sp³-hybridized carbons (Fsp3) is 0.273. The summed E-state index contributed by atoms with van der Waals surface area (Å²) in [6.45, 7) is 2.77. The van der Waals surface area contributed by atoms with Gasteiger partial charge in [-0.2, -0.15) is 0 Å². The van der Waals surface area contributed by atoms with Crippen LogP contribution in [0.15, 0.2) is 54.7 Å². The second kappa shape index (κ2) is 7.38. The lowest BCUT2D eigenvalue weighted by Crippen LogP contribution is -2.48. The molecule has 2 aliphatic heterocycles. The molecule has 3 aromatic rings. The second-order valence-corrected chi connectivity index (χ2v) is 7.50. The number of hydrogen-bond acceptors (Lipinski definition) is 6. The molecule has 30 heavy (non-hydrogen) atoms. The Morgan fingerprint density at radius 2 is 1.80 bits per heavy atom. The molecule has 8 heteroatoms. The number of amides is 2. The van der Waals surface area contributed by atoms with E-state index >= 15 is 0 Å². The summed E-state index contributed by atoms with van der Waals surface area (Å²) in [4.78, 5) is 40.3. The third kappa shape index (κ3) is 3.15. The standard InChI is InChI=1S/C22H21N5O3/c1-25-11-13-26(14-12-25)22(29)30-21-16-6-3-2-5-15(16)20(28)27(21)19-9-8-17-18(24-19)7-4-10-23-17/h2-10,21H,11-14H2,1H3. The number of nitrogens with zero attached hydrogens (tertiary/aromatic N) is 5. The van der Waals surface area contributed by atoms with E-state index in [0.717, 1.165) is 18.6 Å². The molecule has 2 amide bonds. The minimum atomic E-state index is -0.859. The van der Waals surface area contributed by atoms with Gasteiger partial charge in [0.2, 0.25) is 6.23 Å². The lowest BCUT2D eigenvalue weighted by atomic mass is 10.1. The van der Waals surface area contributed by atoms with Gasteiger partial charge in [-0.25, -0.2) is 9.78 Å². The van der Waals surface area contributed by atoms with Crippen molar-refractivity contribution < 1.29 is 14.3 Å². The average Bonchev–Trinajstić information content (AvgIpc) is 3.05. The third-order valence-electron chi connectivity index (χ3n) is 5.57. The topological polar surface area (TPSA) is 78.9 Å². The average molecular weight is 403 g/mol. The molecule has 0 bridgehead atoms. The summed E-state index contributed by atoms with van der Waals surface area (Å²) in [6, 6.07) is 14.4. The molecule has 0 aliphatic carbocycles. The van der Waals surface area contributed by atoms with Gasteiger partial charge in [0.25, 0.3) is 5.91 Å². The maximum atomic E-state index is 13.2. The van der Waals surface area contributed by atoms with E-state index in [-0.39, 0.29) is 5.91 Å². The maximum absolute atomic E-state index is 13.2. The lowest BCUT2D eigenvalue weighted by molar-refractivity contribution is 0.0489. The van der Waals surface area contributed by atoms with Crippen LogP contribution in [0.1, 0.15) is 22.1 Å². The number of carbonyl (C=O) groups excluding carboxylic acids is 2. The highest BCUT2D eigenvalue weighted by molar-refractivity contribution is 6.10. The number of ether oxygens (including phenoxy) is 1. The van der Waals surface area contributed by atoms with E-state index in [1.54, 1.807) is 35.4 Å². The van der Waals surface area contributed by atoms with Gasteiger partial charge in [0.1, 0.15) is 5.82 Å². The van der Waals surface area contributed by atoms with Crippen LogP contribution in [-0.4, -0.2) is 65.0 Å². The molecule has 5 rings (SSSR count). The summed E-state index contributed by atoms with van der Waals surface area (Å²) in [6.07, 6.45) is 0.411. The number of carbonyl (C=O) groups is 2. The molecule has 0 radical (unpaired) electrons. The Labute approximate surface area is 173 Å². The molecule has 1 unspecified atom stereocenters. The fourth-order valence-corrected chi connectivity index (χ4v) is 3.86. The molecule has 2 aromatic heterocycles. The number of aromatic nitrogens is 2. The molecule has 1 atom stereocenters. The van der Waals surface area contributed by atoms with Gasteiger partial charge in [-0.1, -0.05) is 18.2 Å². The first-order valence-electron chi connectivity index (χ1n) is 9.90. The molecule has 0 saturated carbocycles.